The molecule has 2 saturated heterocycles. The summed E-state index contributed by atoms with van der Waals surface area (Å²) in [5, 5.41) is 0. The number of carbonyl (C=O) groups excluding carboxylic acids is 1. The molecular weight excluding hydrogens is 364 g/mol. The van der Waals surface area contributed by atoms with Crippen molar-refractivity contribution in [3.05, 3.63) is 12.2 Å². The predicted octanol–water partition coefficient (Wildman–Crippen LogP) is 4.19. The first kappa shape index (κ1) is 17.8. The van der Waals surface area contributed by atoms with Crippen LogP contribution in [0.1, 0.15) is 51.9 Å². The van der Waals surface area contributed by atoms with Crippen LogP contribution >= 0.6 is 0 Å². The van der Waals surface area contributed by atoms with E-state index in [1.54, 1.807) is 0 Å². The molecule has 0 N–H and O–H groups in total. The lowest BCUT2D eigenvalue weighted by Crippen LogP contribution is -2.53. The van der Waals surface area contributed by atoms with Crippen molar-refractivity contribution in [2.45, 2.75) is 64.1 Å². The topological polar surface area (TPSA) is 44.8 Å². The lowest BCUT2D eigenvalue weighted by Gasteiger charge is -2.60. The van der Waals surface area contributed by atoms with Crippen LogP contribution in [0.3, 0.4) is 0 Å². The van der Waals surface area contributed by atoms with E-state index in [1.807, 2.05) is 0 Å². The molecule has 6 aliphatic carbocycles. The summed E-state index contributed by atoms with van der Waals surface area (Å²) >= 11 is 0. The second-order valence-electron chi connectivity index (χ2n) is 11.8. The largest absolute Gasteiger partial charge is 0.438 e. The highest BCUT2D eigenvalue weighted by molar-refractivity contribution is 5.74. The van der Waals surface area contributed by atoms with Crippen LogP contribution in [0.2, 0.25) is 0 Å². The van der Waals surface area contributed by atoms with Gasteiger partial charge in [0.05, 0.1) is 24.7 Å². The first-order valence-corrected chi connectivity index (χ1v) is 12.2. The number of fused-ring (bicyclic) bond motifs is 9. The first-order valence-electron chi connectivity index (χ1n) is 12.2. The van der Waals surface area contributed by atoms with E-state index >= 15 is 0 Å². The average molecular weight is 399 g/mol. The quantitative estimate of drug-likeness (QED) is 0.301. The van der Waals surface area contributed by atoms with Gasteiger partial charge in [-0.3, -0.25) is 4.79 Å². The van der Waals surface area contributed by atoms with Gasteiger partial charge in [-0.05, 0) is 97.7 Å². The molecule has 4 heteroatoms. The second kappa shape index (κ2) is 6.09. The van der Waals surface area contributed by atoms with Crippen LogP contribution in [0.5, 0.6) is 0 Å². The van der Waals surface area contributed by atoms with Gasteiger partial charge in [-0.25, -0.2) is 0 Å². The zero-order valence-electron chi connectivity index (χ0n) is 17.5. The summed E-state index contributed by atoms with van der Waals surface area (Å²) < 4.78 is 17.9. The SMILES string of the molecule is CC1(COCOC(=O)C2CC3OC2C2C4C=CC(C4)C32)C2CC3CC(C2)CC1C3. The minimum Gasteiger partial charge on any atom is -0.438 e. The van der Waals surface area contributed by atoms with E-state index in [0.717, 1.165) is 36.7 Å². The van der Waals surface area contributed by atoms with Crippen molar-refractivity contribution in [1.82, 2.24) is 0 Å². The Morgan fingerprint density at radius 3 is 2.38 bits per heavy atom. The minimum atomic E-state index is -0.0852. The number of allylic oxidation sites excluding steroid dienone is 2. The molecule has 8 bridgehead atoms. The third-order valence-electron chi connectivity index (χ3n) is 10.6. The maximum absolute atomic E-state index is 12.8. The molecule has 0 radical (unpaired) electrons. The Bertz CT molecular complexity index is 715. The summed E-state index contributed by atoms with van der Waals surface area (Å²) in [5.41, 5.74) is 0.290. The summed E-state index contributed by atoms with van der Waals surface area (Å²) in [6.07, 6.45) is 14.3. The Kier molecular flexibility index (Phi) is 3.74. The molecule has 2 aliphatic heterocycles. The molecule has 0 aromatic heterocycles. The number of hydrogen-bond donors (Lipinski definition) is 0. The molecule has 29 heavy (non-hydrogen) atoms. The zero-order chi connectivity index (χ0) is 19.3. The third kappa shape index (κ3) is 2.42. The van der Waals surface area contributed by atoms with Crippen LogP contribution < -0.4 is 0 Å². The summed E-state index contributed by atoms with van der Waals surface area (Å²) in [5.74, 6) is 5.96. The van der Waals surface area contributed by atoms with E-state index in [4.69, 9.17) is 14.2 Å². The van der Waals surface area contributed by atoms with Crippen molar-refractivity contribution in [3.8, 4) is 0 Å². The van der Waals surface area contributed by atoms with Crippen molar-refractivity contribution in [3.63, 3.8) is 0 Å². The van der Waals surface area contributed by atoms with Gasteiger partial charge in [-0.15, -0.1) is 0 Å². The van der Waals surface area contributed by atoms with Gasteiger partial charge < -0.3 is 14.2 Å². The number of hydrogen-bond acceptors (Lipinski definition) is 4. The van der Waals surface area contributed by atoms with E-state index < -0.39 is 0 Å². The van der Waals surface area contributed by atoms with Crippen LogP contribution in [-0.2, 0) is 19.0 Å². The molecule has 0 aromatic rings. The van der Waals surface area contributed by atoms with Crippen LogP contribution in [0.15, 0.2) is 12.2 Å². The molecule has 2 heterocycles. The second-order valence-corrected chi connectivity index (χ2v) is 11.8. The Morgan fingerprint density at radius 2 is 1.66 bits per heavy atom. The summed E-state index contributed by atoms with van der Waals surface area (Å²) in [4.78, 5) is 12.8. The number of rotatable bonds is 5. The fraction of sp³-hybridized carbons (Fsp3) is 0.880. The lowest BCUT2D eigenvalue weighted by molar-refractivity contribution is -0.179. The molecule has 7 fully saturated rings. The highest BCUT2D eigenvalue weighted by Crippen LogP contribution is 2.63. The molecule has 8 aliphatic rings. The van der Waals surface area contributed by atoms with Gasteiger partial charge in [0.2, 0.25) is 0 Å². The standard InChI is InChI=1S/C25H34O4/c1-25(17-5-13-4-14(7-17)8-18(25)6-13)11-27-12-28-24(26)19-10-20-21-15-2-3-16(9-15)22(21)23(19)29-20/h2-3,13-23H,4-12H2,1H3. The van der Waals surface area contributed by atoms with Gasteiger partial charge in [0.25, 0.3) is 0 Å². The summed E-state index contributed by atoms with van der Waals surface area (Å²) in [6, 6.07) is 0. The number of carbonyl (C=O) groups is 1. The van der Waals surface area contributed by atoms with Gasteiger partial charge in [0.1, 0.15) is 0 Å². The maximum Gasteiger partial charge on any atom is 0.313 e. The Hall–Kier alpha value is -0.870. The zero-order valence-corrected chi connectivity index (χ0v) is 17.5. The fourth-order valence-corrected chi connectivity index (χ4v) is 9.42. The Labute approximate surface area is 173 Å². The normalized spacial score (nSPS) is 57.6. The molecule has 158 valence electrons. The van der Waals surface area contributed by atoms with Crippen LogP contribution in [0, 0.1) is 58.7 Å². The van der Waals surface area contributed by atoms with Crippen molar-refractivity contribution < 1.29 is 19.0 Å². The van der Waals surface area contributed by atoms with Gasteiger partial charge in [0.15, 0.2) is 6.79 Å². The summed E-state index contributed by atoms with van der Waals surface area (Å²) in [6.45, 7) is 3.31. The predicted molar refractivity (Wildman–Crippen MR) is 107 cm³/mol. The van der Waals surface area contributed by atoms with E-state index in [2.05, 4.69) is 19.1 Å². The smallest absolute Gasteiger partial charge is 0.313 e. The highest BCUT2D eigenvalue weighted by Gasteiger charge is 2.64. The van der Waals surface area contributed by atoms with Crippen LogP contribution in [0.25, 0.3) is 0 Å². The van der Waals surface area contributed by atoms with Gasteiger partial charge >= 0.3 is 5.97 Å². The minimum absolute atomic E-state index is 0.0747. The molecule has 4 nitrogen and oxygen atoms in total. The molecular formula is C25H34O4. The first-order chi connectivity index (χ1) is 14.1. The average Bonchev–Trinajstić information content (AvgIpc) is 3.48. The molecule has 8 rings (SSSR count). The van der Waals surface area contributed by atoms with Gasteiger partial charge in [0, 0.05) is 0 Å². The van der Waals surface area contributed by atoms with Crippen LogP contribution in [0.4, 0.5) is 0 Å². The van der Waals surface area contributed by atoms with E-state index in [9.17, 15) is 4.79 Å². The van der Waals surface area contributed by atoms with Gasteiger partial charge in [-0.1, -0.05) is 19.1 Å². The fourth-order valence-electron chi connectivity index (χ4n) is 9.42. The highest BCUT2D eigenvalue weighted by atomic mass is 16.7. The number of ether oxygens (including phenoxy) is 3. The van der Waals surface area contributed by atoms with Crippen molar-refractivity contribution in [1.29, 1.82) is 0 Å². The van der Waals surface area contributed by atoms with Gasteiger partial charge in [-0.2, -0.15) is 0 Å². The lowest BCUT2D eigenvalue weighted by atomic mass is 9.46. The van der Waals surface area contributed by atoms with Crippen molar-refractivity contribution >= 4 is 5.97 Å². The maximum atomic E-state index is 12.8. The number of esters is 1. The molecule has 7 atom stereocenters. The monoisotopic (exact) mass is 398 g/mol. The van der Waals surface area contributed by atoms with E-state index in [-0.39, 0.29) is 36.3 Å². The van der Waals surface area contributed by atoms with E-state index in [0.29, 0.717) is 23.7 Å². The summed E-state index contributed by atoms with van der Waals surface area (Å²) in [7, 11) is 0. The van der Waals surface area contributed by atoms with Crippen molar-refractivity contribution in [2.24, 2.45) is 58.7 Å². The molecule has 0 aromatic carbocycles. The van der Waals surface area contributed by atoms with Crippen LogP contribution in [-0.4, -0.2) is 31.6 Å². The Balaban J connectivity index is 0.941. The molecule has 7 unspecified atom stereocenters. The molecule has 0 amide bonds. The molecule has 0 spiro atoms. The van der Waals surface area contributed by atoms with Crippen molar-refractivity contribution in [2.75, 3.05) is 13.4 Å². The van der Waals surface area contributed by atoms with E-state index in [1.165, 1.54) is 38.5 Å². The Morgan fingerprint density at radius 1 is 0.966 bits per heavy atom. The molecule has 5 saturated carbocycles. The third-order valence-corrected chi connectivity index (χ3v) is 10.6.